The van der Waals surface area contributed by atoms with Crippen molar-refractivity contribution in [2.45, 2.75) is 77.2 Å². The minimum Gasteiger partial charge on any atom is -0.481 e. The highest BCUT2D eigenvalue weighted by molar-refractivity contribution is 5.79. The van der Waals surface area contributed by atoms with Crippen molar-refractivity contribution in [2.75, 3.05) is 6.54 Å². The van der Waals surface area contributed by atoms with Crippen LogP contribution in [0.3, 0.4) is 0 Å². The second-order valence-electron chi connectivity index (χ2n) is 6.63. The summed E-state index contributed by atoms with van der Waals surface area (Å²) in [7, 11) is 0. The van der Waals surface area contributed by atoms with Crippen LogP contribution in [0.1, 0.15) is 71.1 Å². The molecule has 0 unspecified atom stereocenters. The van der Waals surface area contributed by atoms with Gasteiger partial charge < -0.3 is 10.0 Å². The van der Waals surface area contributed by atoms with Gasteiger partial charge in [0.1, 0.15) is 0 Å². The van der Waals surface area contributed by atoms with E-state index in [9.17, 15) is 14.7 Å². The largest absolute Gasteiger partial charge is 0.481 e. The van der Waals surface area contributed by atoms with Crippen molar-refractivity contribution in [3.05, 3.63) is 0 Å². The fourth-order valence-electron chi connectivity index (χ4n) is 3.60. The number of aliphatic carboxylic acids is 1. The van der Waals surface area contributed by atoms with Crippen molar-refractivity contribution in [1.29, 1.82) is 0 Å². The van der Waals surface area contributed by atoms with Crippen molar-refractivity contribution in [3.8, 4) is 0 Å². The molecule has 4 heteroatoms. The Kier molecular flexibility index (Phi) is 5.06. The lowest BCUT2D eigenvalue weighted by atomic mass is 9.69. The lowest BCUT2D eigenvalue weighted by Gasteiger charge is -2.37. The van der Waals surface area contributed by atoms with Gasteiger partial charge in [0.05, 0.1) is 6.42 Å². The number of rotatable bonds is 7. The van der Waals surface area contributed by atoms with Crippen molar-refractivity contribution in [1.82, 2.24) is 4.90 Å². The first-order chi connectivity index (χ1) is 9.56. The van der Waals surface area contributed by atoms with Crippen molar-refractivity contribution in [2.24, 2.45) is 5.41 Å². The van der Waals surface area contributed by atoms with E-state index >= 15 is 0 Å². The van der Waals surface area contributed by atoms with Gasteiger partial charge in [-0.3, -0.25) is 9.59 Å². The Bertz CT molecular complexity index is 357. The maximum Gasteiger partial charge on any atom is 0.303 e. The van der Waals surface area contributed by atoms with E-state index in [1.807, 2.05) is 4.90 Å². The highest BCUT2D eigenvalue weighted by Crippen LogP contribution is 2.43. The monoisotopic (exact) mass is 281 g/mol. The fourth-order valence-corrected chi connectivity index (χ4v) is 3.60. The van der Waals surface area contributed by atoms with Gasteiger partial charge in [-0.1, -0.05) is 26.2 Å². The van der Waals surface area contributed by atoms with Crippen molar-refractivity contribution < 1.29 is 14.7 Å². The summed E-state index contributed by atoms with van der Waals surface area (Å²) in [5.74, 6) is -0.564. The zero-order valence-electron chi connectivity index (χ0n) is 12.6. The van der Waals surface area contributed by atoms with Gasteiger partial charge in [0.15, 0.2) is 0 Å². The number of hydrogen-bond donors (Lipinski definition) is 1. The summed E-state index contributed by atoms with van der Waals surface area (Å²) in [5, 5.41) is 9.18. The quantitative estimate of drug-likeness (QED) is 0.779. The van der Waals surface area contributed by atoms with E-state index in [1.165, 1.54) is 6.42 Å². The van der Waals surface area contributed by atoms with Gasteiger partial charge in [-0.05, 0) is 37.5 Å². The summed E-state index contributed by atoms with van der Waals surface area (Å²) in [4.78, 5) is 25.8. The SMILES string of the molecule is CCCN(C(=O)CC1(CC(=O)O)CCCCC1)C1CC1. The van der Waals surface area contributed by atoms with Gasteiger partial charge in [0.2, 0.25) is 5.91 Å². The molecule has 0 bridgehead atoms. The molecule has 0 aromatic rings. The summed E-state index contributed by atoms with van der Waals surface area (Å²) in [6.07, 6.45) is 8.93. The average molecular weight is 281 g/mol. The highest BCUT2D eigenvalue weighted by atomic mass is 16.4. The van der Waals surface area contributed by atoms with Gasteiger partial charge in [-0.2, -0.15) is 0 Å². The molecule has 4 nitrogen and oxygen atoms in total. The van der Waals surface area contributed by atoms with Gasteiger partial charge in [0, 0.05) is 19.0 Å². The van der Waals surface area contributed by atoms with Gasteiger partial charge in [-0.25, -0.2) is 0 Å². The summed E-state index contributed by atoms with van der Waals surface area (Å²) >= 11 is 0. The Labute approximate surface area is 121 Å². The molecule has 0 aromatic carbocycles. The topological polar surface area (TPSA) is 57.6 Å². The van der Waals surface area contributed by atoms with Crippen LogP contribution in [0.4, 0.5) is 0 Å². The number of hydrogen-bond acceptors (Lipinski definition) is 2. The smallest absolute Gasteiger partial charge is 0.303 e. The molecule has 0 heterocycles. The number of carboxylic acids is 1. The molecule has 2 saturated carbocycles. The number of amides is 1. The van der Waals surface area contributed by atoms with Crippen LogP contribution >= 0.6 is 0 Å². The number of carbonyl (C=O) groups is 2. The van der Waals surface area contributed by atoms with Crippen molar-refractivity contribution >= 4 is 11.9 Å². The summed E-state index contributed by atoms with van der Waals surface area (Å²) in [6.45, 7) is 2.92. The minimum atomic E-state index is -0.756. The standard InChI is InChI=1S/C16H27NO3/c1-2-10-17(13-6-7-13)14(18)11-16(12-15(19)20)8-4-3-5-9-16/h13H,2-12H2,1H3,(H,19,20). The Morgan fingerprint density at radius 2 is 1.80 bits per heavy atom. The normalized spacial score (nSPS) is 21.4. The minimum absolute atomic E-state index is 0.156. The molecule has 20 heavy (non-hydrogen) atoms. The van der Waals surface area contributed by atoms with Crippen LogP contribution in [-0.4, -0.2) is 34.5 Å². The van der Waals surface area contributed by atoms with Crippen LogP contribution in [-0.2, 0) is 9.59 Å². The molecule has 2 rings (SSSR count). The van der Waals surface area contributed by atoms with E-state index in [4.69, 9.17) is 0 Å². The molecule has 1 N–H and O–H groups in total. The Hall–Kier alpha value is -1.06. The zero-order valence-corrected chi connectivity index (χ0v) is 12.6. The predicted octanol–water partition coefficient (Wildman–Crippen LogP) is 3.20. The lowest BCUT2D eigenvalue weighted by Crippen LogP contribution is -2.39. The van der Waals surface area contributed by atoms with Crippen LogP contribution in [0.15, 0.2) is 0 Å². The van der Waals surface area contributed by atoms with E-state index in [0.717, 1.165) is 51.5 Å². The fraction of sp³-hybridized carbons (Fsp3) is 0.875. The van der Waals surface area contributed by atoms with Crippen LogP contribution < -0.4 is 0 Å². The molecule has 0 radical (unpaired) electrons. The molecule has 1 amide bonds. The summed E-state index contributed by atoms with van der Waals surface area (Å²) in [5.41, 5.74) is -0.276. The maximum atomic E-state index is 12.6. The third-order valence-corrected chi connectivity index (χ3v) is 4.74. The Morgan fingerprint density at radius 1 is 1.15 bits per heavy atom. The molecule has 2 aliphatic carbocycles. The van der Waals surface area contributed by atoms with Crippen LogP contribution in [0.5, 0.6) is 0 Å². The highest BCUT2D eigenvalue weighted by Gasteiger charge is 2.40. The van der Waals surface area contributed by atoms with E-state index in [2.05, 4.69) is 6.92 Å². The molecule has 0 atom stereocenters. The molecule has 0 aliphatic heterocycles. The van der Waals surface area contributed by atoms with Gasteiger partial charge >= 0.3 is 5.97 Å². The van der Waals surface area contributed by atoms with E-state index in [-0.39, 0.29) is 17.7 Å². The molecule has 0 saturated heterocycles. The third-order valence-electron chi connectivity index (χ3n) is 4.74. The second-order valence-corrected chi connectivity index (χ2v) is 6.63. The van der Waals surface area contributed by atoms with Gasteiger partial charge in [0.25, 0.3) is 0 Å². The zero-order chi connectivity index (χ0) is 14.6. The Morgan fingerprint density at radius 3 is 2.30 bits per heavy atom. The summed E-state index contributed by atoms with van der Waals surface area (Å²) < 4.78 is 0. The molecule has 2 aliphatic rings. The van der Waals surface area contributed by atoms with Crippen LogP contribution in [0.25, 0.3) is 0 Å². The van der Waals surface area contributed by atoms with E-state index in [0.29, 0.717) is 12.5 Å². The molecule has 0 aromatic heterocycles. The molecule has 114 valence electrons. The molecule has 0 spiro atoms. The molecule has 2 fully saturated rings. The van der Waals surface area contributed by atoms with E-state index < -0.39 is 5.97 Å². The number of carboxylic acid groups (broad SMARTS) is 1. The van der Waals surface area contributed by atoms with E-state index in [1.54, 1.807) is 0 Å². The Balaban J connectivity index is 2.01. The maximum absolute atomic E-state index is 12.6. The first-order valence-electron chi connectivity index (χ1n) is 8.07. The number of carbonyl (C=O) groups excluding carboxylic acids is 1. The number of nitrogens with zero attached hydrogens (tertiary/aromatic N) is 1. The molecular formula is C16H27NO3. The first-order valence-corrected chi connectivity index (χ1v) is 8.07. The lowest BCUT2D eigenvalue weighted by molar-refractivity contribution is -0.142. The van der Waals surface area contributed by atoms with Crippen LogP contribution in [0, 0.1) is 5.41 Å². The van der Waals surface area contributed by atoms with Gasteiger partial charge in [-0.15, -0.1) is 0 Å². The van der Waals surface area contributed by atoms with Crippen molar-refractivity contribution in [3.63, 3.8) is 0 Å². The second kappa shape index (κ2) is 6.59. The first kappa shape index (κ1) is 15.3. The third kappa shape index (κ3) is 3.97. The predicted molar refractivity (Wildman–Crippen MR) is 77.4 cm³/mol. The average Bonchev–Trinajstić information content (AvgIpc) is 3.19. The molecular weight excluding hydrogens is 254 g/mol. The van der Waals surface area contributed by atoms with Crippen LogP contribution in [0.2, 0.25) is 0 Å². The summed E-state index contributed by atoms with van der Waals surface area (Å²) in [6, 6.07) is 0.438.